The lowest BCUT2D eigenvalue weighted by molar-refractivity contribution is 0.101. The number of methoxy groups -OCH3 is 1. The van der Waals surface area contributed by atoms with Crippen LogP contribution in [0.4, 0.5) is 10.8 Å². The number of sulfonamides is 1. The Morgan fingerprint density at radius 1 is 0.943 bits per heavy atom. The number of thiazole rings is 1. The first-order valence-corrected chi connectivity index (χ1v) is 12.7. The SMILES string of the molecule is COc1ccc(S(=O)(=O)Nc2cccc(C(=O)Nc3nc(-c4ccccc4)c(C(C)=O)s3)c2)cc1. The average Bonchev–Trinajstić information content (AvgIpc) is 3.29. The monoisotopic (exact) mass is 507 g/mol. The van der Waals surface area contributed by atoms with E-state index in [2.05, 4.69) is 15.0 Å². The fraction of sp³-hybridized carbons (Fsp3) is 0.0800. The van der Waals surface area contributed by atoms with Gasteiger partial charge in [-0.25, -0.2) is 13.4 Å². The minimum absolute atomic E-state index is 0.0566. The number of aromatic nitrogens is 1. The van der Waals surface area contributed by atoms with Crippen molar-refractivity contribution in [2.45, 2.75) is 11.8 Å². The van der Waals surface area contributed by atoms with E-state index < -0.39 is 15.9 Å². The molecule has 1 heterocycles. The zero-order valence-electron chi connectivity index (χ0n) is 18.8. The molecule has 0 fully saturated rings. The van der Waals surface area contributed by atoms with Gasteiger partial charge in [-0.15, -0.1) is 0 Å². The van der Waals surface area contributed by atoms with Crippen molar-refractivity contribution in [2.24, 2.45) is 0 Å². The van der Waals surface area contributed by atoms with Crippen molar-refractivity contribution in [1.82, 2.24) is 4.98 Å². The van der Waals surface area contributed by atoms with Gasteiger partial charge in [0.15, 0.2) is 10.9 Å². The summed E-state index contributed by atoms with van der Waals surface area (Å²) in [6, 6.07) is 21.3. The maximum atomic E-state index is 12.9. The lowest BCUT2D eigenvalue weighted by atomic mass is 10.1. The second-order valence-electron chi connectivity index (χ2n) is 7.43. The maximum Gasteiger partial charge on any atom is 0.261 e. The van der Waals surface area contributed by atoms with E-state index in [1.54, 1.807) is 30.3 Å². The smallest absolute Gasteiger partial charge is 0.261 e. The number of ketones is 1. The molecule has 0 bridgehead atoms. The molecule has 4 rings (SSSR count). The Bertz CT molecular complexity index is 1480. The van der Waals surface area contributed by atoms with Crippen LogP contribution in [0.5, 0.6) is 5.75 Å². The normalized spacial score (nSPS) is 11.0. The highest BCUT2D eigenvalue weighted by molar-refractivity contribution is 7.92. The van der Waals surface area contributed by atoms with E-state index >= 15 is 0 Å². The van der Waals surface area contributed by atoms with Crippen molar-refractivity contribution in [2.75, 3.05) is 17.1 Å². The molecule has 178 valence electrons. The third-order valence-corrected chi connectivity index (χ3v) is 7.43. The topological polar surface area (TPSA) is 114 Å². The molecule has 0 saturated heterocycles. The van der Waals surface area contributed by atoms with Gasteiger partial charge in [0.05, 0.1) is 22.6 Å². The zero-order valence-corrected chi connectivity index (χ0v) is 20.4. The summed E-state index contributed by atoms with van der Waals surface area (Å²) in [5, 5.41) is 2.97. The number of carbonyl (C=O) groups excluding carboxylic acids is 2. The molecule has 4 aromatic rings. The molecule has 0 aliphatic carbocycles. The van der Waals surface area contributed by atoms with Crippen LogP contribution in [0.15, 0.2) is 83.8 Å². The molecule has 0 saturated carbocycles. The van der Waals surface area contributed by atoms with Gasteiger partial charge in [-0.3, -0.25) is 19.6 Å². The maximum absolute atomic E-state index is 12.9. The number of nitrogens with one attached hydrogen (secondary N) is 2. The van der Waals surface area contributed by atoms with Crippen LogP contribution in [-0.2, 0) is 10.0 Å². The molecule has 8 nitrogen and oxygen atoms in total. The molecule has 0 aliphatic rings. The Kier molecular flexibility index (Phi) is 6.94. The number of Topliss-reactive ketones (excluding diaryl/α,β-unsaturated/α-hetero) is 1. The second-order valence-corrected chi connectivity index (χ2v) is 10.1. The van der Waals surface area contributed by atoms with Crippen molar-refractivity contribution in [3.05, 3.63) is 89.3 Å². The summed E-state index contributed by atoms with van der Waals surface area (Å²) in [6.45, 7) is 1.45. The first-order chi connectivity index (χ1) is 16.8. The number of benzene rings is 3. The minimum Gasteiger partial charge on any atom is -0.497 e. The molecular formula is C25H21N3O5S2. The predicted octanol–water partition coefficient (Wildman–Crippen LogP) is 5.07. The van der Waals surface area contributed by atoms with Gasteiger partial charge >= 0.3 is 0 Å². The Balaban J connectivity index is 1.54. The number of amides is 1. The second kappa shape index (κ2) is 10.1. The fourth-order valence-corrected chi connectivity index (χ4v) is 5.19. The molecule has 1 aromatic heterocycles. The van der Waals surface area contributed by atoms with E-state index in [1.807, 2.05) is 30.3 Å². The first-order valence-electron chi connectivity index (χ1n) is 10.4. The van der Waals surface area contributed by atoms with Gasteiger partial charge in [-0.05, 0) is 42.5 Å². The molecule has 35 heavy (non-hydrogen) atoms. The molecule has 10 heteroatoms. The molecular weight excluding hydrogens is 486 g/mol. The van der Waals surface area contributed by atoms with E-state index in [4.69, 9.17) is 4.74 Å². The van der Waals surface area contributed by atoms with Gasteiger partial charge in [0.2, 0.25) is 0 Å². The predicted molar refractivity (Wildman–Crippen MR) is 136 cm³/mol. The molecule has 1 amide bonds. The molecule has 2 N–H and O–H groups in total. The summed E-state index contributed by atoms with van der Waals surface area (Å²) in [5.74, 6) is -0.107. The van der Waals surface area contributed by atoms with Crippen molar-refractivity contribution in [3.8, 4) is 17.0 Å². The summed E-state index contributed by atoms with van der Waals surface area (Å²) in [4.78, 5) is 29.9. The zero-order chi connectivity index (χ0) is 25.0. The van der Waals surface area contributed by atoms with Crippen LogP contribution < -0.4 is 14.8 Å². The van der Waals surface area contributed by atoms with Crippen molar-refractivity contribution in [3.63, 3.8) is 0 Å². The van der Waals surface area contributed by atoms with E-state index in [9.17, 15) is 18.0 Å². The summed E-state index contributed by atoms with van der Waals surface area (Å²) < 4.78 is 33.0. The Morgan fingerprint density at radius 2 is 1.66 bits per heavy atom. The molecule has 0 atom stereocenters. The third kappa shape index (κ3) is 5.56. The highest BCUT2D eigenvalue weighted by Gasteiger charge is 2.19. The lowest BCUT2D eigenvalue weighted by Gasteiger charge is -2.10. The number of anilines is 2. The molecule has 0 spiro atoms. The van der Waals surface area contributed by atoms with Crippen molar-refractivity contribution < 1.29 is 22.7 Å². The first kappa shape index (κ1) is 24.1. The molecule has 3 aromatic carbocycles. The van der Waals surface area contributed by atoms with Crippen LogP contribution >= 0.6 is 11.3 Å². The third-order valence-electron chi connectivity index (χ3n) is 4.96. The van der Waals surface area contributed by atoms with Crippen molar-refractivity contribution >= 4 is 43.9 Å². The summed E-state index contributed by atoms with van der Waals surface area (Å²) in [5.41, 5.74) is 1.71. The van der Waals surface area contributed by atoms with Gasteiger partial charge in [-0.1, -0.05) is 47.7 Å². The number of ether oxygens (including phenoxy) is 1. The van der Waals surface area contributed by atoms with Crippen molar-refractivity contribution in [1.29, 1.82) is 0 Å². The fourth-order valence-electron chi connectivity index (χ4n) is 3.27. The standard InChI is InChI=1S/C25H21N3O5S2/c1-16(29)23-22(17-7-4-3-5-8-17)26-25(34-23)27-24(30)18-9-6-10-19(15-18)28-35(31,32)21-13-11-20(33-2)12-14-21/h3-15,28H,1-2H3,(H,26,27,30). The Labute approximate surface area is 206 Å². The van der Waals surface area contributed by atoms with E-state index in [1.165, 1.54) is 32.2 Å². The molecule has 0 radical (unpaired) electrons. The van der Waals surface area contributed by atoms with Crippen LogP contribution in [0.25, 0.3) is 11.3 Å². The van der Waals surface area contributed by atoms with Crippen LogP contribution in [0, 0.1) is 0 Å². The highest BCUT2D eigenvalue weighted by Crippen LogP contribution is 2.32. The van der Waals surface area contributed by atoms with Gasteiger partial charge < -0.3 is 4.74 Å². The Hall–Kier alpha value is -4.02. The van der Waals surface area contributed by atoms with Crippen LogP contribution in [-0.4, -0.2) is 32.2 Å². The summed E-state index contributed by atoms with van der Waals surface area (Å²) in [7, 11) is -2.37. The number of carbonyl (C=O) groups is 2. The molecule has 0 unspecified atom stereocenters. The Morgan fingerprint density at radius 3 is 2.31 bits per heavy atom. The highest BCUT2D eigenvalue weighted by atomic mass is 32.2. The molecule has 0 aliphatic heterocycles. The van der Waals surface area contributed by atoms with E-state index in [0.29, 0.717) is 16.3 Å². The van der Waals surface area contributed by atoms with E-state index in [0.717, 1.165) is 16.9 Å². The quantitative estimate of drug-likeness (QED) is 0.322. The van der Waals surface area contributed by atoms with E-state index in [-0.39, 0.29) is 27.1 Å². The largest absolute Gasteiger partial charge is 0.497 e. The van der Waals surface area contributed by atoms with Crippen LogP contribution in [0.1, 0.15) is 27.0 Å². The number of hydrogen-bond acceptors (Lipinski definition) is 7. The van der Waals surface area contributed by atoms with Crippen LogP contribution in [0.2, 0.25) is 0 Å². The van der Waals surface area contributed by atoms with Gasteiger partial charge in [0, 0.05) is 23.7 Å². The number of hydrogen-bond donors (Lipinski definition) is 2. The number of nitrogens with zero attached hydrogens (tertiary/aromatic N) is 1. The average molecular weight is 508 g/mol. The van der Waals surface area contributed by atoms with Gasteiger partial charge in [-0.2, -0.15) is 0 Å². The lowest BCUT2D eigenvalue weighted by Crippen LogP contribution is -2.15. The number of rotatable bonds is 8. The summed E-state index contributed by atoms with van der Waals surface area (Å²) in [6.07, 6.45) is 0. The summed E-state index contributed by atoms with van der Waals surface area (Å²) >= 11 is 1.09. The van der Waals surface area contributed by atoms with Gasteiger partial charge in [0.1, 0.15) is 5.75 Å². The van der Waals surface area contributed by atoms with Crippen LogP contribution in [0.3, 0.4) is 0 Å². The minimum atomic E-state index is -3.87. The van der Waals surface area contributed by atoms with Gasteiger partial charge in [0.25, 0.3) is 15.9 Å².